The maximum Gasteiger partial charge on any atom is 0.224 e. The van der Waals surface area contributed by atoms with Crippen LogP contribution in [0, 0.1) is 5.92 Å². The standard InChI is InChI=1S/C15H24N2O/c1-10(2)14-7-5-13(6-8-14)9-17-15(18)11(3)12(4)16/h5-8,10-12H,9,16H2,1-4H3,(H,17,18). The van der Waals surface area contributed by atoms with Crippen molar-refractivity contribution in [3.8, 4) is 0 Å². The number of carbonyl (C=O) groups is 1. The molecule has 0 radical (unpaired) electrons. The molecule has 0 fully saturated rings. The molecule has 0 heterocycles. The van der Waals surface area contributed by atoms with Crippen molar-refractivity contribution in [3.63, 3.8) is 0 Å². The molecule has 2 atom stereocenters. The van der Waals surface area contributed by atoms with Gasteiger partial charge < -0.3 is 11.1 Å². The second-order valence-corrected chi connectivity index (χ2v) is 5.26. The van der Waals surface area contributed by atoms with Gasteiger partial charge in [-0.05, 0) is 24.0 Å². The molecule has 0 aliphatic heterocycles. The zero-order chi connectivity index (χ0) is 13.7. The van der Waals surface area contributed by atoms with E-state index in [1.165, 1.54) is 5.56 Å². The summed E-state index contributed by atoms with van der Waals surface area (Å²) in [6, 6.07) is 8.23. The van der Waals surface area contributed by atoms with Crippen molar-refractivity contribution < 1.29 is 4.79 Å². The van der Waals surface area contributed by atoms with Crippen LogP contribution in [-0.2, 0) is 11.3 Å². The Hall–Kier alpha value is -1.35. The molecule has 0 spiro atoms. The Morgan fingerprint density at radius 1 is 1.17 bits per heavy atom. The Morgan fingerprint density at radius 3 is 2.17 bits per heavy atom. The van der Waals surface area contributed by atoms with E-state index < -0.39 is 0 Å². The van der Waals surface area contributed by atoms with Gasteiger partial charge in [-0.2, -0.15) is 0 Å². The Balaban J connectivity index is 2.51. The normalized spacial score (nSPS) is 14.3. The maximum atomic E-state index is 11.7. The van der Waals surface area contributed by atoms with E-state index in [4.69, 9.17) is 5.73 Å². The summed E-state index contributed by atoms with van der Waals surface area (Å²) in [5, 5.41) is 2.91. The van der Waals surface area contributed by atoms with E-state index in [-0.39, 0.29) is 17.9 Å². The number of nitrogens with one attached hydrogen (secondary N) is 1. The minimum absolute atomic E-state index is 0.0120. The Bertz CT molecular complexity index is 382. The van der Waals surface area contributed by atoms with Crippen LogP contribution in [0.5, 0.6) is 0 Å². The highest BCUT2D eigenvalue weighted by Gasteiger charge is 2.16. The average Bonchev–Trinajstić information content (AvgIpc) is 2.35. The van der Waals surface area contributed by atoms with Crippen LogP contribution in [0.15, 0.2) is 24.3 Å². The van der Waals surface area contributed by atoms with E-state index in [1.807, 2.05) is 13.8 Å². The predicted molar refractivity (Wildman–Crippen MR) is 75.2 cm³/mol. The molecule has 3 nitrogen and oxygen atoms in total. The number of benzene rings is 1. The van der Waals surface area contributed by atoms with Gasteiger partial charge in [0.15, 0.2) is 0 Å². The largest absolute Gasteiger partial charge is 0.352 e. The number of carbonyl (C=O) groups excluding carboxylic acids is 1. The van der Waals surface area contributed by atoms with E-state index in [0.29, 0.717) is 12.5 Å². The lowest BCUT2D eigenvalue weighted by molar-refractivity contribution is -0.125. The minimum atomic E-state index is -0.153. The average molecular weight is 248 g/mol. The number of rotatable bonds is 5. The summed E-state index contributed by atoms with van der Waals surface area (Å²) in [5.41, 5.74) is 8.13. The van der Waals surface area contributed by atoms with Crippen molar-refractivity contribution in [2.45, 2.75) is 46.2 Å². The van der Waals surface area contributed by atoms with Gasteiger partial charge >= 0.3 is 0 Å². The van der Waals surface area contributed by atoms with Crippen LogP contribution < -0.4 is 11.1 Å². The number of amides is 1. The lowest BCUT2D eigenvalue weighted by Gasteiger charge is -2.15. The molecule has 2 unspecified atom stereocenters. The van der Waals surface area contributed by atoms with Gasteiger partial charge in [0.05, 0.1) is 0 Å². The zero-order valence-corrected chi connectivity index (χ0v) is 11.7. The third-order valence-electron chi connectivity index (χ3n) is 3.32. The predicted octanol–water partition coefficient (Wildman–Crippen LogP) is 2.41. The lowest BCUT2D eigenvalue weighted by atomic mass is 10.0. The molecule has 3 N–H and O–H groups in total. The van der Waals surface area contributed by atoms with Crippen molar-refractivity contribution in [1.82, 2.24) is 5.32 Å². The van der Waals surface area contributed by atoms with Crippen molar-refractivity contribution in [2.75, 3.05) is 0 Å². The summed E-state index contributed by atoms with van der Waals surface area (Å²) in [6.45, 7) is 8.60. The fourth-order valence-corrected chi connectivity index (χ4v) is 1.61. The second-order valence-electron chi connectivity index (χ2n) is 5.26. The van der Waals surface area contributed by atoms with Gasteiger partial charge in [-0.1, -0.05) is 45.0 Å². The van der Waals surface area contributed by atoms with E-state index >= 15 is 0 Å². The third-order valence-corrected chi connectivity index (χ3v) is 3.32. The van der Waals surface area contributed by atoms with Gasteiger partial charge in [0.1, 0.15) is 0 Å². The molecule has 1 amide bonds. The molecule has 0 aliphatic carbocycles. The van der Waals surface area contributed by atoms with Crippen LogP contribution in [0.3, 0.4) is 0 Å². The SMILES string of the molecule is CC(C)c1ccc(CNC(=O)C(C)C(C)N)cc1. The molecular weight excluding hydrogens is 224 g/mol. The van der Waals surface area contributed by atoms with Crippen molar-refractivity contribution in [3.05, 3.63) is 35.4 Å². The quantitative estimate of drug-likeness (QED) is 0.840. The van der Waals surface area contributed by atoms with Crippen LogP contribution in [-0.4, -0.2) is 11.9 Å². The third kappa shape index (κ3) is 4.15. The molecule has 100 valence electrons. The molecule has 1 rings (SSSR count). The van der Waals surface area contributed by atoms with Gasteiger partial charge in [-0.15, -0.1) is 0 Å². The van der Waals surface area contributed by atoms with Crippen molar-refractivity contribution in [2.24, 2.45) is 11.7 Å². The molecule has 1 aromatic carbocycles. The van der Waals surface area contributed by atoms with Crippen molar-refractivity contribution >= 4 is 5.91 Å². The Kier molecular flexibility index (Phi) is 5.35. The summed E-state index contributed by atoms with van der Waals surface area (Å²) >= 11 is 0. The Morgan fingerprint density at radius 2 is 1.72 bits per heavy atom. The van der Waals surface area contributed by atoms with E-state index in [2.05, 4.69) is 43.4 Å². The van der Waals surface area contributed by atoms with Gasteiger partial charge in [-0.25, -0.2) is 0 Å². The first-order valence-electron chi connectivity index (χ1n) is 6.54. The smallest absolute Gasteiger partial charge is 0.224 e. The number of nitrogens with two attached hydrogens (primary N) is 1. The van der Waals surface area contributed by atoms with Crippen molar-refractivity contribution in [1.29, 1.82) is 0 Å². The molecule has 0 bridgehead atoms. The topological polar surface area (TPSA) is 55.1 Å². The molecular formula is C15H24N2O. The van der Waals surface area contributed by atoms with Gasteiger partial charge in [0.2, 0.25) is 5.91 Å². The monoisotopic (exact) mass is 248 g/mol. The summed E-state index contributed by atoms with van der Waals surface area (Å²) in [5.74, 6) is 0.393. The highest BCUT2D eigenvalue weighted by Crippen LogP contribution is 2.14. The second kappa shape index (κ2) is 6.55. The fraction of sp³-hybridized carbons (Fsp3) is 0.533. The molecule has 0 aliphatic rings. The summed E-state index contributed by atoms with van der Waals surface area (Å²) in [4.78, 5) is 11.7. The molecule has 0 saturated heterocycles. The first kappa shape index (κ1) is 14.7. The van der Waals surface area contributed by atoms with E-state index in [0.717, 1.165) is 5.56 Å². The molecule has 18 heavy (non-hydrogen) atoms. The molecule has 3 heteroatoms. The first-order chi connectivity index (χ1) is 8.41. The molecule has 0 aromatic heterocycles. The van der Waals surface area contributed by atoms with Gasteiger partial charge in [0, 0.05) is 18.5 Å². The summed E-state index contributed by atoms with van der Waals surface area (Å²) in [6.07, 6.45) is 0. The van der Waals surface area contributed by atoms with Crippen LogP contribution in [0.2, 0.25) is 0 Å². The first-order valence-corrected chi connectivity index (χ1v) is 6.54. The van der Waals surface area contributed by atoms with Crippen LogP contribution >= 0.6 is 0 Å². The van der Waals surface area contributed by atoms with Gasteiger partial charge in [0.25, 0.3) is 0 Å². The van der Waals surface area contributed by atoms with E-state index in [1.54, 1.807) is 0 Å². The Labute approximate surface area is 110 Å². The van der Waals surface area contributed by atoms with Gasteiger partial charge in [-0.3, -0.25) is 4.79 Å². The van der Waals surface area contributed by atoms with Crippen LogP contribution in [0.25, 0.3) is 0 Å². The van der Waals surface area contributed by atoms with E-state index in [9.17, 15) is 4.79 Å². The maximum absolute atomic E-state index is 11.7. The minimum Gasteiger partial charge on any atom is -0.352 e. The molecule has 1 aromatic rings. The zero-order valence-electron chi connectivity index (χ0n) is 11.7. The van der Waals surface area contributed by atoms with Crippen LogP contribution in [0.1, 0.15) is 44.7 Å². The summed E-state index contributed by atoms with van der Waals surface area (Å²) < 4.78 is 0. The lowest BCUT2D eigenvalue weighted by Crippen LogP contribution is -2.38. The fourth-order valence-electron chi connectivity index (χ4n) is 1.61. The van der Waals surface area contributed by atoms with Crippen LogP contribution in [0.4, 0.5) is 0 Å². The highest BCUT2D eigenvalue weighted by molar-refractivity contribution is 5.78. The molecule has 0 saturated carbocycles. The number of hydrogen-bond acceptors (Lipinski definition) is 2. The summed E-state index contributed by atoms with van der Waals surface area (Å²) in [7, 11) is 0. The highest BCUT2D eigenvalue weighted by atomic mass is 16.1. The number of hydrogen-bond donors (Lipinski definition) is 2.